The van der Waals surface area contributed by atoms with Gasteiger partial charge in [-0.05, 0) is 81.4 Å². The number of benzene rings is 2. The lowest BCUT2D eigenvalue weighted by atomic mass is 9.83. The summed E-state index contributed by atoms with van der Waals surface area (Å²) in [4.78, 5) is 27.9. The van der Waals surface area contributed by atoms with Crippen molar-refractivity contribution in [1.82, 2.24) is 15.1 Å². The molecule has 5 rings (SSSR count). The van der Waals surface area contributed by atoms with Crippen LogP contribution in [0.15, 0.2) is 60.7 Å². The van der Waals surface area contributed by atoms with Crippen molar-refractivity contribution in [2.75, 3.05) is 18.5 Å². The van der Waals surface area contributed by atoms with Gasteiger partial charge in [0.25, 0.3) is 0 Å². The summed E-state index contributed by atoms with van der Waals surface area (Å²) in [5, 5.41) is 21.6. The smallest absolute Gasteiger partial charge is 0.225 e. The Labute approximate surface area is 261 Å². The van der Waals surface area contributed by atoms with Gasteiger partial charge in [-0.15, -0.1) is 10.2 Å². The molecule has 0 bridgehead atoms. The van der Waals surface area contributed by atoms with Gasteiger partial charge in [0.2, 0.25) is 11.8 Å². The fraction of sp³-hybridized carbons (Fsp3) is 0.500. The van der Waals surface area contributed by atoms with Gasteiger partial charge in [0, 0.05) is 48.2 Å². The van der Waals surface area contributed by atoms with Crippen molar-refractivity contribution in [3.05, 3.63) is 66.2 Å². The van der Waals surface area contributed by atoms with Crippen molar-refractivity contribution in [1.29, 1.82) is 0 Å². The van der Waals surface area contributed by atoms with E-state index in [0.717, 1.165) is 85.9 Å². The molecule has 4 N–H and O–H groups in total. The lowest BCUT2D eigenvalue weighted by Crippen LogP contribution is -2.43. The zero-order valence-electron chi connectivity index (χ0n) is 26.2. The second-order valence-corrected chi connectivity index (χ2v) is 12.6. The zero-order valence-corrected chi connectivity index (χ0v) is 26.2. The molecule has 0 radical (unpaired) electrons. The first kappa shape index (κ1) is 31.8. The second-order valence-electron chi connectivity index (χ2n) is 12.6. The summed E-state index contributed by atoms with van der Waals surface area (Å²) in [5.41, 5.74) is 10.6. The van der Waals surface area contributed by atoms with Crippen molar-refractivity contribution in [3.63, 3.8) is 0 Å². The number of aliphatic hydroxyl groups excluding tert-OH is 1. The quantitative estimate of drug-likeness (QED) is 0.213. The molecule has 2 fully saturated rings. The Kier molecular flexibility index (Phi) is 10.4. The zero-order chi connectivity index (χ0) is 31.1. The Balaban J connectivity index is 1.27. The van der Waals surface area contributed by atoms with E-state index < -0.39 is 5.54 Å². The lowest BCUT2D eigenvalue weighted by Gasteiger charge is -2.36. The molecular weight excluding hydrogens is 550 g/mol. The summed E-state index contributed by atoms with van der Waals surface area (Å²) < 4.78 is 0. The Hall–Kier alpha value is -3.62. The van der Waals surface area contributed by atoms with Crippen molar-refractivity contribution < 1.29 is 14.7 Å². The average Bonchev–Trinajstić information content (AvgIpc) is 3.89. The van der Waals surface area contributed by atoms with E-state index in [4.69, 9.17) is 5.73 Å². The molecule has 44 heavy (non-hydrogen) atoms. The highest BCUT2D eigenvalue weighted by atomic mass is 16.3. The van der Waals surface area contributed by atoms with Crippen LogP contribution in [0, 0.1) is 11.8 Å². The number of nitrogens with zero attached hydrogens (tertiary/aromatic N) is 3. The van der Waals surface area contributed by atoms with Crippen LogP contribution in [0.1, 0.15) is 83.6 Å². The molecule has 8 nitrogen and oxygen atoms in total. The molecule has 0 saturated heterocycles. The molecule has 3 aromatic rings. The van der Waals surface area contributed by atoms with E-state index in [1.807, 2.05) is 60.7 Å². The van der Waals surface area contributed by atoms with Gasteiger partial charge in [0.15, 0.2) is 5.82 Å². The number of hydrogen-bond donors (Lipinski definition) is 3. The van der Waals surface area contributed by atoms with Crippen LogP contribution in [-0.2, 0) is 15.1 Å². The van der Waals surface area contributed by atoms with Crippen molar-refractivity contribution >= 4 is 17.6 Å². The van der Waals surface area contributed by atoms with Crippen LogP contribution in [0.2, 0.25) is 0 Å². The number of amides is 2. The van der Waals surface area contributed by atoms with Crippen LogP contribution in [0.3, 0.4) is 0 Å². The van der Waals surface area contributed by atoms with Crippen LogP contribution >= 0.6 is 0 Å². The van der Waals surface area contributed by atoms with Gasteiger partial charge in [-0.1, -0.05) is 67.9 Å². The van der Waals surface area contributed by atoms with Crippen molar-refractivity contribution in [2.24, 2.45) is 17.6 Å². The van der Waals surface area contributed by atoms with Gasteiger partial charge in [-0.2, -0.15) is 0 Å². The van der Waals surface area contributed by atoms with Crippen LogP contribution in [-0.4, -0.2) is 51.2 Å². The maximum absolute atomic E-state index is 13.1. The molecule has 1 unspecified atom stereocenters. The monoisotopic (exact) mass is 597 g/mol. The van der Waals surface area contributed by atoms with E-state index >= 15 is 0 Å². The number of nitrogens with two attached hydrogens (primary N) is 1. The van der Waals surface area contributed by atoms with E-state index in [1.165, 1.54) is 0 Å². The standard InChI is InChI=1S/C36H47N5O3/c1-3-20-36(37,21-22-42)29-16-14-27(15-17-29)34-31(26-8-6-5-7-9-26)24-32(39-40-34)38-33(43)23-25-10-18-30(19-11-25)41(4-2)35(44)28-12-13-28/h5-9,14-17,24-25,28,30,42H,3-4,10-13,18-23,37H2,1-2H3,(H,38,39,43)/t25-,30-,36?. The van der Waals surface area contributed by atoms with Crippen LogP contribution in [0.25, 0.3) is 22.4 Å². The molecule has 2 aromatic carbocycles. The Morgan fingerprint density at radius 2 is 1.64 bits per heavy atom. The molecule has 1 atom stereocenters. The predicted molar refractivity (Wildman–Crippen MR) is 174 cm³/mol. The van der Waals surface area contributed by atoms with E-state index in [1.54, 1.807) is 0 Å². The van der Waals surface area contributed by atoms with Gasteiger partial charge in [-0.3, -0.25) is 9.59 Å². The Morgan fingerprint density at radius 1 is 0.932 bits per heavy atom. The minimum atomic E-state index is -0.577. The number of aliphatic hydroxyl groups is 1. The third-order valence-electron chi connectivity index (χ3n) is 9.41. The number of carbonyl (C=O) groups excluding carboxylic acids is 2. The molecule has 234 valence electrons. The molecule has 2 saturated carbocycles. The van der Waals surface area contributed by atoms with Crippen LogP contribution in [0.4, 0.5) is 5.82 Å². The lowest BCUT2D eigenvalue weighted by molar-refractivity contribution is -0.135. The normalized spacial score (nSPS) is 19.6. The van der Waals surface area contributed by atoms with Gasteiger partial charge < -0.3 is 21.1 Å². The summed E-state index contributed by atoms with van der Waals surface area (Å²) >= 11 is 0. The highest BCUT2D eigenvalue weighted by molar-refractivity contribution is 5.91. The summed E-state index contributed by atoms with van der Waals surface area (Å²) in [6, 6.07) is 20.2. The fourth-order valence-electron chi connectivity index (χ4n) is 6.80. The number of rotatable bonds is 13. The first-order chi connectivity index (χ1) is 21.3. The van der Waals surface area contributed by atoms with Gasteiger partial charge in [0.1, 0.15) is 5.69 Å². The number of hydrogen-bond acceptors (Lipinski definition) is 6. The number of nitrogens with one attached hydrogen (secondary N) is 1. The van der Waals surface area contributed by atoms with Crippen molar-refractivity contribution in [2.45, 2.75) is 89.6 Å². The second kappa shape index (κ2) is 14.4. The average molecular weight is 598 g/mol. The maximum Gasteiger partial charge on any atom is 0.225 e. The minimum absolute atomic E-state index is 0.0369. The molecule has 1 aromatic heterocycles. The summed E-state index contributed by atoms with van der Waals surface area (Å²) in [5.74, 6) is 1.25. The molecule has 8 heteroatoms. The first-order valence-corrected chi connectivity index (χ1v) is 16.4. The molecule has 1 heterocycles. The van der Waals surface area contributed by atoms with E-state index in [9.17, 15) is 14.7 Å². The SMILES string of the molecule is CCCC(N)(CCO)c1ccc(-c2nnc(NC(=O)C[C@H]3CC[C@H](N(CC)C(=O)C4CC4)CC3)cc2-c2ccccc2)cc1. The third-order valence-corrected chi connectivity index (χ3v) is 9.41. The Bertz CT molecular complexity index is 1390. The largest absolute Gasteiger partial charge is 0.396 e. The molecule has 2 amide bonds. The summed E-state index contributed by atoms with van der Waals surface area (Å²) in [6.45, 7) is 4.97. The maximum atomic E-state index is 13.1. The molecule has 0 spiro atoms. The molecular formula is C36H47N5O3. The predicted octanol–water partition coefficient (Wildman–Crippen LogP) is 6.29. The number of aromatic nitrogens is 2. The van der Waals surface area contributed by atoms with Gasteiger partial charge >= 0.3 is 0 Å². The van der Waals surface area contributed by atoms with Crippen LogP contribution < -0.4 is 11.1 Å². The van der Waals surface area contributed by atoms with Gasteiger partial charge in [0.05, 0.1) is 0 Å². The molecule has 2 aliphatic carbocycles. The van der Waals surface area contributed by atoms with E-state index in [-0.39, 0.29) is 18.4 Å². The van der Waals surface area contributed by atoms with E-state index in [0.29, 0.717) is 36.5 Å². The van der Waals surface area contributed by atoms with Crippen LogP contribution in [0.5, 0.6) is 0 Å². The Morgan fingerprint density at radius 3 is 2.25 bits per heavy atom. The van der Waals surface area contributed by atoms with E-state index in [2.05, 4.69) is 34.3 Å². The highest BCUT2D eigenvalue weighted by Crippen LogP contribution is 2.36. The third kappa shape index (κ3) is 7.53. The number of carbonyl (C=O) groups is 2. The summed E-state index contributed by atoms with van der Waals surface area (Å²) in [6.07, 6.45) is 8.53. The highest BCUT2D eigenvalue weighted by Gasteiger charge is 2.37. The summed E-state index contributed by atoms with van der Waals surface area (Å²) in [7, 11) is 0. The first-order valence-electron chi connectivity index (χ1n) is 16.4. The topological polar surface area (TPSA) is 121 Å². The number of anilines is 1. The van der Waals surface area contributed by atoms with Gasteiger partial charge in [-0.25, -0.2) is 0 Å². The molecule has 0 aliphatic heterocycles. The fourth-order valence-corrected chi connectivity index (χ4v) is 6.80. The van der Waals surface area contributed by atoms with Crippen molar-refractivity contribution in [3.8, 4) is 22.4 Å². The molecule has 2 aliphatic rings. The minimum Gasteiger partial charge on any atom is -0.396 e.